The molecule has 0 spiro atoms. The average Bonchev–Trinajstić information content (AvgIpc) is 3.02. The van der Waals surface area contributed by atoms with E-state index in [2.05, 4.69) is 39.7 Å². The van der Waals surface area contributed by atoms with Gasteiger partial charge in [-0.15, -0.1) is 0 Å². The first-order chi connectivity index (χ1) is 12.5. The lowest BCUT2D eigenvalue weighted by Crippen LogP contribution is -2.28. The van der Waals surface area contributed by atoms with Crippen LogP contribution in [0.2, 0.25) is 0 Å². The summed E-state index contributed by atoms with van der Waals surface area (Å²) in [5.74, 6) is -0.148. The van der Waals surface area contributed by atoms with Crippen LogP contribution in [0.1, 0.15) is 40.3 Å². The molecule has 0 fully saturated rings. The number of hydrogen-bond acceptors (Lipinski definition) is 3. The lowest BCUT2D eigenvalue weighted by Gasteiger charge is -2.17. The van der Waals surface area contributed by atoms with Gasteiger partial charge in [0.2, 0.25) is 0 Å². The second kappa shape index (κ2) is 6.26. The monoisotopic (exact) mass is 344 g/mol. The smallest absolute Gasteiger partial charge is 0.255 e. The molecular formula is C21H20N4O. The molecule has 0 radical (unpaired) electrons. The van der Waals surface area contributed by atoms with Crippen LogP contribution >= 0.6 is 0 Å². The summed E-state index contributed by atoms with van der Waals surface area (Å²) in [4.78, 5) is 17.2. The van der Waals surface area contributed by atoms with Gasteiger partial charge in [-0.1, -0.05) is 42.5 Å². The van der Waals surface area contributed by atoms with Crippen molar-refractivity contribution in [2.45, 2.75) is 26.8 Å². The Balaban J connectivity index is 1.66. The summed E-state index contributed by atoms with van der Waals surface area (Å²) < 4.78 is 1.72. The molecule has 0 bridgehead atoms. The third kappa shape index (κ3) is 2.71. The van der Waals surface area contributed by atoms with E-state index in [1.807, 2.05) is 45.0 Å². The number of fused-ring (bicyclic) bond motifs is 2. The first kappa shape index (κ1) is 16.3. The van der Waals surface area contributed by atoms with Gasteiger partial charge < -0.3 is 5.32 Å². The highest BCUT2D eigenvalue weighted by Gasteiger charge is 2.17. The number of aryl methyl sites for hydroxylation is 2. The third-order valence-electron chi connectivity index (χ3n) is 4.73. The van der Waals surface area contributed by atoms with Crippen LogP contribution in [0.3, 0.4) is 0 Å². The summed E-state index contributed by atoms with van der Waals surface area (Å²) in [5.41, 5.74) is 4.04. The van der Waals surface area contributed by atoms with E-state index in [1.54, 1.807) is 10.7 Å². The number of carbonyl (C=O) groups excluding carboxylic acids is 1. The van der Waals surface area contributed by atoms with E-state index in [4.69, 9.17) is 0 Å². The molecule has 26 heavy (non-hydrogen) atoms. The Labute approximate surface area is 151 Å². The van der Waals surface area contributed by atoms with Gasteiger partial charge in [0.15, 0.2) is 5.65 Å². The Kier molecular flexibility index (Phi) is 3.92. The first-order valence-corrected chi connectivity index (χ1v) is 8.65. The van der Waals surface area contributed by atoms with E-state index in [1.165, 1.54) is 0 Å². The molecule has 1 amide bonds. The number of rotatable bonds is 3. The third-order valence-corrected chi connectivity index (χ3v) is 4.73. The Morgan fingerprint density at radius 3 is 2.73 bits per heavy atom. The van der Waals surface area contributed by atoms with Crippen molar-refractivity contribution >= 4 is 22.3 Å². The van der Waals surface area contributed by atoms with Gasteiger partial charge in [0.05, 0.1) is 23.0 Å². The summed E-state index contributed by atoms with van der Waals surface area (Å²) >= 11 is 0. The van der Waals surface area contributed by atoms with Crippen molar-refractivity contribution in [3.8, 4) is 0 Å². The van der Waals surface area contributed by atoms with Crippen molar-refractivity contribution in [3.63, 3.8) is 0 Å². The number of carbonyl (C=O) groups is 1. The lowest BCUT2D eigenvalue weighted by molar-refractivity contribution is 0.0938. The van der Waals surface area contributed by atoms with Gasteiger partial charge in [-0.2, -0.15) is 5.10 Å². The second-order valence-electron chi connectivity index (χ2n) is 6.58. The highest BCUT2D eigenvalue weighted by Crippen LogP contribution is 2.24. The molecule has 0 aliphatic rings. The van der Waals surface area contributed by atoms with Crippen LogP contribution in [-0.2, 0) is 0 Å². The van der Waals surface area contributed by atoms with Gasteiger partial charge in [-0.25, -0.2) is 9.50 Å². The summed E-state index contributed by atoms with van der Waals surface area (Å²) in [7, 11) is 0. The molecule has 2 aromatic heterocycles. The molecule has 2 aromatic carbocycles. The van der Waals surface area contributed by atoms with Gasteiger partial charge in [-0.05, 0) is 37.1 Å². The van der Waals surface area contributed by atoms with Crippen LogP contribution in [0.15, 0.2) is 54.7 Å². The summed E-state index contributed by atoms with van der Waals surface area (Å²) in [6.07, 6.45) is 1.62. The maximum absolute atomic E-state index is 12.8. The quantitative estimate of drug-likeness (QED) is 0.611. The number of aromatic nitrogens is 3. The fourth-order valence-corrected chi connectivity index (χ4v) is 3.37. The van der Waals surface area contributed by atoms with Crippen LogP contribution in [0, 0.1) is 13.8 Å². The van der Waals surface area contributed by atoms with Crippen molar-refractivity contribution in [2.75, 3.05) is 0 Å². The Morgan fingerprint density at radius 1 is 1.12 bits per heavy atom. The zero-order valence-corrected chi connectivity index (χ0v) is 15.0. The Morgan fingerprint density at radius 2 is 1.88 bits per heavy atom. The minimum absolute atomic E-state index is 0.122. The van der Waals surface area contributed by atoms with Crippen LogP contribution in [0.5, 0.6) is 0 Å². The molecule has 130 valence electrons. The summed E-state index contributed by atoms with van der Waals surface area (Å²) in [6, 6.07) is 16.1. The molecule has 0 saturated carbocycles. The predicted octanol–water partition coefficient (Wildman–Crippen LogP) is 3.99. The number of benzene rings is 2. The fraction of sp³-hybridized carbons (Fsp3) is 0.190. The van der Waals surface area contributed by atoms with Crippen LogP contribution in [0.25, 0.3) is 16.4 Å². The van der Waals surface area contributed by atoms with Crippen molar-refractivity contribution in [2.24, 2.45) is 0 Å². The minimum atomic E-state index is -0.148. The maximum Gasteiger partial charge on any atom is 0.255 e. The number of hydrogen-bond donors (Lipinski definition) is 1. The molecule has 0 saturated heterocycles. The van der Waals surface area contributed by atoms with E-state index in [0.29, 0.717) is 5.56 Å². The lowest BCUT2D eigenvalue weighted by atomic mass is 9.99. The van der Waals surface area contributed by atoms with Gasteiger partial charge in [0.1, 0.15) is 0 Å². The molecule has 0 unspecified atom stereocenters. The maximum atomic E-state index is 12.8. The van der Waals surface area contributed by atoms with Gasteiger partial charge in [0.25, 0.3) is 5.91 Å². The molecule has 5 heteroatoms. The molecule has 0 aliphatic heterocycles. The molecular weight excluding hydrogens is 324 g/mol. The van der Waals surface area contributed by atoms with Crippen LogP contribution in [0.4, 0.5) is 0 Å². The Bertz CT molecular complexity index is 1120. The largest absolute Gasteiger partial charge is 0.345 e. The van der Waals surface area contributed by atoms with Gasteiger partial charge in [0, 0.05) is 12.3 Å². The van der Waals surface area contributed by atoms with E-state index in [9.17, 15) is 4.79 Å². The molecule has 4 aromatic rings. The van der Waals surface area contributed by atoms with E-state index in [-0.39, 0.29) is 11.9 Å². The second-order valence-corrected chi connectivity index (χ2v) is 6.58. The topological polar surface area (TPSA) is 59.3 Å². The van der Waals surface area contributed by atoms with Crippen LogP contribution in [-0.4, -0.2) is 20.5 Å². The highest BCUT2D eigenvalue weighted by atomic mass is 16.1. The summed E-state index contributed by atoms with van der Waals surface area (Å²) in [5, 5.41) is 9.82. The number of amides is 1. The SMILES string of the molecule is Cc1cc2ncc(C(=O)N[C@@H](C)c3cccc4ccccc34)c(C)n2n1. The van der Waals surface area contributed by atoms with Gasteiger partial charge in [-0.3, -0.25) is 4.79 Å². The first-order valence-electron chi connectivity index (χ1n) is 8.65. The molecule has 5 nitrogen and oxygen atoms in total. The molecule has 4 rings (SSSR count). The normalized spacial score (nSPS) is 12.4. The van der Waals surface area contributed by atoms with Crippen molar-refractivity contribution in [1.82, 2.24) is 19.9 Å². The van der Waals surface area contributed by atoms with Crippen molar-refractivity contribution < 1.29 is 4.79 Å². The average molecular weight is 344 g/mol. The fourth-order valence-electron chi connectivity index (χ4n) is 3.37. The van der Waals surface area contributed by atoms with Crippen molar-refractivity contribution in [1.29, 1.82) is 0 Å². The molecule has 1 atom stereocenters. The number of nitrogens with zero attached hydrogens (tertiary/aromatic N) is 3. The van der Waals surface area contributed by atoms with Gasteiger partial charge >= 0.3 is 0 Å². The zero-order chi connectivity index (χ0) is 18.3. The van der Waals surface area contributed by atoms with E-state index >= 15 is 0 Å². The van der Waals surface area contributed by atoms with E-state index in [0.717, 1.165) is 33.4 Å². The molecule has 2 heterocycles. The van der Waals surface area contributed by atoms with E-state index < -0.39 is 0 Å². The predicted molar refractivity (Wildman–Crippen MR) is 102 cm³/mol. The summed E-state index contributed by atoms with van der Waals surface area (Å²) in [6.45, 7) is 5.80. The van der Waals surface area contributed by atoms with Crippen LogP contribution < -0.4 is 5.32 Å². The highest BCUT2D eigenvalue weighted by molar-refractivity contribution is 5.96. The molecule has 0 aliphatic carbocycles. The minimum Gasteiger partial charge on any atom is -0.345 e. The number of nitrogens with one attached hydrogen (secondary N) is 1. The zero-order valence-electron chi connectivity index (χ0n) is 15.0. The Hall–Kier alpha value is -3.21. The standard InChI is InChI=1S/C21H20N4O/c1-13-11-20-22-12-19(15(3)25(20)24-13)21(26)23-14(2)17-10-6-8-16-7-4-5-9-18(16)17/h4-12,14H,1-3H3,(H,23,26)/t14-/m0/s1. The van der Waals surface area contributed by atoms with Crippen molar-refractivity contribution in [3.05, 3.63) is 77.2 Å². The molecule has 1 N–H and O–H groups in total.